The van der Waals surface area contributed by atoms with E-state index in [0.29, 0.717) is 19.6 Å². The van der Waals surface area contributed by atoms with E-state index in [4.69, 9.17) is 9.47 Å². The van der Waals surface area contributed by atoms with E-state index in [1.54, 1.807) is 11.0 Å². The van der Waals surface area contributed by atoms with Gasteiger partial charge in [-0.3, -0.25) is 14.4 Å². The predicted molar refractivity (Wildman–Crippen MR) is 160 cm³/mol. The number of unbranched alkanes of at least 4 members (excludes halogenated alkanes) is 2. The van der Waals surface area contributed by atoms with Gasteiger partial charge in [0.25, 0.3) is 0 Å². The number of aliphatic hydroxyl groups excluding tert-OH is 1. The van der Waals surface area contributed by atoms with Crippen molar-refractivity contribution in [2.75, 3.05) is 26.4 Å². The summed E-state index contributed by atoms with van der Waals surface area (Å²) in [4.78, 5) is 40.4. The largest absolute Gasteiger partial charge is 0.463 e. The fourth-order valence-corrected chi connectivity index (χ4v) is 4.21. The molecule has 0 saturated carbocycles. The number of aliphatic hydroxyl groups is 1. The summed E-state index contributed by atoms with van der Waals surface area (Å²) in [5, 5.41) is 12.5. The van der Waals surface area contributed by atoms with Crippen LogP contribution >= 0.6 is 0 Å². The van der Waals surface area contributed by atoms with Crippen molar-refractivity contribution in [3.05, 3.63) is 97.1 Å². The summed E-state index contributed by atoms with van der Waals surface area (Å²) in [6.07, 6.45) is 6.34. The van der Waals surface area contributed by atoms with Crippen LogP contribution in [0.2, 0.25) is 0 Å². The van der Waals surface area contributed by atoms with Gasteiger partial charge >= 0.3 is 5.97 Å². The van der Waals surface area contributed by atoms with Crippen LogP contribution in [0.1, 0.15) is 49.7 Å². The molecule has 0 aromatic heterocycles. The molecule has 0 bridgehead atoms. The summed E-state index contributed by atoms with van der Waals surface area (Å²) < 4.78 is 11.3. The first-order chi connectivity index (χ1) is 20.0. The Labute approximate surface area is 244 Å². The van der Waals surface area contributed by atoms with Gasteiger partial charge in [-0.25, -0.2) is 0 Å². The van der Waals surface area contributed by atoms with Crippen LogP contribution in [0.25, 0.3) is 0 Å². The van der Waals surface area contributed by atoms with E-state index in [1.165, 1.54) is 0 Å². The summed E-state index contributed by atoms with van der Waals surface area (Å²) in [6.45, 7) is 8.18. The zero-order valence-electron chi connectivity index (χ0n) is 23.9. The number of amides is 2. The van der Waals surface area contributed by atoms with Gasteiger partial charge in [-0.05, 0) is 36.8 Å². The Kier molecular flexibility index (Phi) is 16.5. The van der Waals surface area contributed by atoms with Gasteiger partial charge in [0, 0.05) is 25.9 Å². The molecule has 8 heteroatoms. The molecule has 2 amide bonds. The smallest absolute Gasteiger partial charge is 0.305 e. The average Bonchev–Trinajstić information content (AvgIpc) is 2.98. The van der Waals surface area contributed by atoms with E-state index in [2.05, 4.69) is 18.5 Å². The van der Waals surface area contributed by atoms with E-state index in [9.17, 15) is 19.5 Å². The number of benzene rings is 2. The maximum atomic E-state index is 13.4. The summed E-state index contributed by atoms with van der Waals surface area (Å²) in [6, 6.07) is 18.5. The lowest BCUT2D eigenvalue weighted by atomic mass is 9.98. The number of nitrogens with one attached hydrogen (secondary N) is 1. The third-order valence-electron chi connectivity index (χ3n) is 6.44. The number of hydrogen-bond donors (Lipinski definition) is 2. The van der Waals surface area contributed by atoms with Crippen LogP contribution in [0.15, 0.2) is 86.0 Å². The number of carbonyl (C=O) groups is 3. The highest BCUT2D eigenvalue weighted by Gasteiger charge is 2.26. The Morgan fingerprint density at radius 1 is 0.927 bits per heavy atom. The minimum atomic E-state index is -0.678. The zero-order valence-corrected chi connectivity index (χ0v) is 23.9. The summed E-state index contributed by atoms with van der Waals surface area (Å²) in [7, 11) is 0. The number of rotatable bonds is 21. The quantitative estimate of drug-likeness (QED) is 0.131. The van der Waals surface area contributed by atoms with Crippen molar-refractivity contribution >= 4 is 17.8 Å². The van der Waals surface area contributed by atoms with Crippen LogP contribution in [0, 0.1) is 5.92 Å². The summed E-state index contributed by atoms with van der Waals surface area (Å²) in [5.41, 5.74) is 1.91. The first kappa shape index (κ1) is 33.5. The van der Waals surface area contributed by atoms with Crippen molar-refractivity contribution < 1.29 is 29.0 Å². The van der Waals surface area contributed by atoms with Crippen LogP contribution in [0.4, 0.5) is 0 Å². The number of esters is 1. The highest BCUT2D eigenvalue weighted by atomic mass is 16.5. The van der Waals surface area contributed by atoms with Gasteiger partial charge in [0.15, 0.2) is 0 Å². The van der Waals surface area contributed by atoms with E-state index in [-0.39, 0.29) is 63.4 Å². The molecule has 0 aliphatic carbocycles. The molecule has 0 aliphatic heterocycles. The molecule has 2 aromatic carbocycles. The maximum absolute atomic E-state index is 13.4. The monoisotopic (exact) mass is 564 g/mol. The third-order valence-corrected chi connectivity index (χ3v) is 6.44. The van der Waals surface area contributed by atoms with E-state index in [0.717, 1.165) is 24.0 Å². The molecule has 0 heterocycles. The van der Waals surface area contributed by atoms with Crippen LogP contribution < -0.4 is 5.32 Å². The number of allylic oxidation sites excluding steroid dienone is 2. The normalized spacial score (nSPS) is 12.1. The van der Waals surface area contributed by atoms with Gasteiger partial charge in [-0.15, -0.1) is 13.2 Å². The molecule has 0 radical (unpaired) electrons. The van der Waals surface area contributed by atoms with Crippen molar-refractivity contribution in [1.82, 2.24) is 10.2 Å². The molecule has 8 nitrogen and oxygen atoms in total. The van der Waals surface area contributed by atoms with Gasteiger partial charge < -0.3 is 24.8 Å². The summed E-state index contributed by atoms with van der Waals surface area (Å²) >= 11 is 0. The van der Waals surface area contributed by atoms with Gasteiger partial charge in [0.1, 0.15) is 6.61 Å². The minimum absolute atomic E-state index is 0.0414. The maximum Gasteiger partial charge on any atom is 0.305 e. The second-order valence-electron chi connectivity index (χ2n) is 9.87. The number of carbonyl (C=O) groups excluding carboxylic acids is 3. The van der Waals surface area contributed by atoms with E-state index in [1.807, 2.05) is 66.7 Å². The van der Waals surface area contributed by atoms with E-state index < -0.39 is 12.0 Å². The molecule has 222 valence electrons. The number of nitrogens with zero attached hydrogens (tertiary/aromatic N) is 1. The van der Waals surface area contributed by atoms with Crippen LogP contribution in [-0.2, 0) is 37.0 Å². The van der Waals surface area contributed by atoms with Gasteiger partial charge in [0.2, 0.25) is 11.8 Å². The zero-order chi connectivity index (χ0) is 29.7. The van der Waals surface area contributed by atoms with Crippen LogP contribution in [-0.4, -0.2) is 60.2 Å². The highest BCUT2D eigenvalue weighted by Crippen LogP contribution is 2.15. The standard InChI is InChI=1S/C33H44N2O6/c1-3-5-6-13-19-32(38)41-26-30(25-40-24-28-17-11-8-12-18-28)34-33(39)29(14-4-2)22-31(37)35(20-21-36)23-27-15-9-7-10-16-27/h3-4,7-12,15-18,29-30,36H,1-2,5-6,13-14,19-26H2,(H,34,39)/t29-,30+/m1/s1. The van der Waals surface area contributed by atoms with Crippen molar-refractivity contribution in [1.29, 1.82) is 0 Å². The first-order valence-corrected chi connectivity index (χ1v) is 14.2. The molecule has 2 N–H and O–H groups in total. The van der Waals surface area contributed by atoms with Crippen LogP contribution in [0.5, 0.6) is 0 Å². The van der Waals surface area contributed by atoms with Crippen molar-refractivity contribution in [2.45, 2.75) is 57.7 Å². The van der Waals surface area contributed by atoms with E-state index >= 15 is 0 Å². The Hall–Kier alpha value is -3.75. The van der Waals surface area contributed by atoms with Crippen LogP contribution in [0.3, 0.4) is 0 Å². The second-order valence-corrected chi connectivity index (χ2v) is 9.87. The fraction of sp³-hybridized carbons (Fsp3) is 0.424. The molecule has 2 aromatic rings. The molecule has 0 unspecified atom stereocenters. The lowest BCUT2D eigenvalue weighted by Gasteiger charge is -2.26. The fourth-order valence-electron chi connectivity index (χ4n) is 4.21. The van der Waals surface area contributed by atoms with Crippen molar-refractivity contribution in [3.63, 3.8) is 0 Å². The van der Waals surface area contributed by atoms with Gasteiger partial charge in [-0.1, -0.05) is 72.8 Å². The van der Waals surface area contributed by atoms with Gasteiger partial charge in [-0.2, -0.15) is 0 Å². The second kappa shape index (κ2) is 20.2. The molecule has 41 heavy (non-hydrogen) atoms. The lowest BCUT2D eigenvalue weighted by Crippen LogP contribution is -2.46. The molecular weight excluding hydrogens is 520 g/mol. The van der Waals surface area contributed by atoms with Gasteiger partial charge in [0.05, 0.1) is 31.8 Å². The highest BCUT2D eigenvalue weighted by molar-refractivity contribution is 5.86. The minimum Gasteiger partial charge on any atom is -0.463 e. The number of ether oxygens (including phenoxy) is 2. The summed E-state index contributed by atoms with van der Waals surface area (Å²) in [5.74, 6) is -1.61. The molecule has 0 aliphatic rings. The molecule has 0 spiro atoms. The topological polar surface area (TPSA) is 105 Å². The molecular formula is C33H44N2O6. The first-order valence-electron chi connectivity index (χ1n) is 14.2. The van der Waals surface area contributed by atoms with Crippen molar-refractivity contribution in [3.8, 4) is 0 Å². The Balaban J connectivity index is 2.02. The number of hydrogen-bond acceptors (Lipinski definition) is 6. The SMILES string of the molecule is C=CCCCCC(=O)OC[C@H](COCc1ccccc1)NC(=O)[C@H](CC=C)CC(=O)N(CCO)Cc1ccccc1. The average molecular weight is 565 g/mol. The third kappa shape index (κ3) is 13.9. The Morgan fingerprint density at radius 3 is 2.24 bits per heavy atom. The Morgan fingerprint density at radius 2 is 1.61 bits per heavy atom. The molecule has 0 fully saturated rings. The van der Waals surface area contributed by atoms with Crippen molar-refractivity contribution in [2.24, 2.45) is 5.92 Å². The molecule has 2 atom stereocenters. The molecule has 2 rings (SSSR count). The lowest BCUT2D eigenvalue weighted by molar-refractivity contribution is -0.146. The Bertz CT molecular complexity index is 1060. The molecule has 0 saturated heterocycles. The predicted octanol–water partition coefficient (Wildman–Crippen LogP) is 4.58.